The van der Waals surface area contributed by atoms with Gasteiger partial charge in [0.15, 0.2) is 0 Å². The Morgan fingerprint density at radius 3 is 2.46 bits per heavy atom. The molecule has 0 unspecified atom stereocenters. The van der Waals surface area contributed by atoms with Gasteiger partial charge in [0.1, 0.15) is 0 Å². The number of nitriles is 1. The molecule has 0 spiro atoms. The molecule has 1 atom stereocenters. The number of carbonyl (C=O) groups excluding carboxylic acids is 1. The molecular weight excluding hydrogens is 326 g/mol. The van der Waals surface area contributed by atoms with Gasteiger partial charge in [-0.1, -0.05) is 42.5 Å². The van der Waals surface area contributed by atoms with E-state index < -0.39 is 0 Å². The standard InChI is InChI=1S/C21H23N3O2/c22-14-17-6-8-18(9-7-17)15-23-16-20(19-4-2-1-3-5-19)21(25)24-10-12-26-13-11-24/h1-9,20,23H,10-13,15-16H2/t20-/m1/s1. The van der Waals surface area contributed by atoms with Crippen LogP contribution in [0.5, 0.6) is 0 Å². The first-order chi connectivity index (χ1) is 12.8. The molecule has 1 amide bonds. The molecule has 1 fully saturated rings. The molecule has 1 aliphatic rings. The van der Waals surface area contributed by atoms with Gasteiger partial charge in [0.2, 0.25) is 5.91 Å². The minimum Gasteiger partial charge on any atom is -0.378 e. The fourth-order valence-electron chi connectivity index (χ4n) is 3.10. The van der Waals surface area contributed by atoms with Crippen LogP contribution in [-0.4, -0.2) is 43.7 Å². The van der Waals surface area contributed by atoms with Gasteiger partial charge >= 0.3 is 0 Å². The molecule has 0 bridgehead atoms. The lowest BCUT2D eigenvalue weighted by Crippen LogP contribution is -2.45. The van der Waals surface area contributed by atoms with E-state index in [9.17, 15) is 4.79 Å². The van der Waals surface area contributed by atoms with Gasteiger partial charge in [-0.15, -0.1) is 0 Å². The maximum Gasteiger partial charge on any atom is 0.231 e. The zero-order valence-corrected chi connectivity index (χ0v) is 14.7. The highest BCUT2D eigenvalue weighted by atomic mass is 16.5. The fourth-order valence-corrected chi connectivity index (χ4v) is 3.10. The van der Waals surface area contributed by atoms with E-state index in [1.165, 1.54) is 0 Å². The summed E-state index contributed by atoms with van der Waals surface area (Å²) in [5.41, 5.74) is 2.77. The van der Waals surface area contributed by atoms with Gasteiger partial charge in [0.25, 0.3) is 0 Å². The summed E-state index contributed by atoms with van der Waals surface area (Å²) in [5.74, 6) is -0.0699. The molecule has 5 nitrogen and oxygen atoms in total. The van der Waals surface area contributed by atoms with Gasteiger partial charge in [0.05, 0.1) is 30.8 Å². The van der Waals surface area contributed by atoms with Crippen LogP contribution in [-0.2, 0) is 16.1 Å². The molecule has 1 aliphatic heterocycles. The monoisotopic (exact) mass is 349 g/mol. The van der Waals surface area contributed by atoms with Crippen molar-refractivity contribution in [3.63, 3.8) is 0 Å². The number of amides is 1. The lowest BCUT2D eigenvalue weighted by atomic mass is 9.97. The van der Waals surface area contributed by atoms with Crippen molar-refractivity contribution in [1.29, 1.82) is 5.26 Å². The molecule has 0 radical (unpaired) electrons. The van der Waals surface area contributed by atoms with E-state index in [1.807, 2.05) is 59.5 Å². The number of benzene rings is 2. The Morgan fingerprint density at radius 2 is 1.81 bits per heavy atom. The first kappa shape index (κ1) is 18.1. The number of hydrogen-bond acceptors (Lipinski definition) is 4. The molecule has 0 aliphatic carbocycles. The van der Waals surface area contributed by atoms with Crippen molar-refractivity contribution in [1.82, 2.24) is 10.2 Å². The van der Waals surface area contributed by atoms with Crippen molar-refractivity contribution < 1.29 is 9.53 Å². The highest BCUT2D eigenvalue weighted by Crippen LogP contribution is 2.19. The average Bonchev–Trinajstić information content (AvgIpc) is 2.72. The lowest BCUT2D eigenvalue weighted by molar-refractivity contribution is -0.136. The first-order valence-corrected chi connectivity index (χ1v) is 8.89. The Balaban J connectivity index is 1.65. The summed E-state index contributed by atoms with van der Waals surface area (Å²) >= 11 is 0. The van der Waals surface area contributed by atoms with Crippen molar-refractivity contribution in [2.24, 2.45) is 0 Å². The first-order valence-electron chi connectivity index (χ1n) is 8.89. The number of nitrogens with one attached hydrogen (secondary N) is 1. The van der Waals surface area contributed by atoms with Gasteiger partial charge in [-0.3, -0.25) is 4.79 Å². The molecule has 134 valence electrons. The largest absolute Gasteiger partial charge is 0.378 e. The summed E-state index contributed by atoms with van der Waals surface area (Å²) in [5, 5.41) is 12.3. The Morgan fingerprint density at radius 1 is 1.12 bits per heavy atom. The predicted octanol–water partition coefficient (Wildman–Crippen LogP) is 2.29. The Bertz CT molecular complexity index is 747. The Hall–Kier alpha value is -2.68. The van der Waals surface area contributed by atoms with Crippen LogP contribution in [0.1, 0.15) is 22.6 Å². The van der Waals surface area contributed by atoms with Crippen LogP contribution >= 0.6 is 0 Å². The van der Waals surface area contributed by atoms with Gasteiger partial charge < -0.3 is 15.0 Å². The Kier molecular flexibility index (Phi) is 6.37. The maximum absolute atomic E-state index is 13.0. The second-order valence-electron chi connectivity index (χ2n) is 6.34. The molecule has 3 rings (SSSR count). The van der Waals surface area contributed by atoms with Crippen LogP contribution in [0.4, 0.5) is 0 Å². The van der Waals surface area contributed by atoms with Crippen molar-refractivity contribution in [2.45, 2.75) is 12.5 Å². The molecule has 0 saturated carbocycles. The quantitative estimate of drug-likeness (QED) is 0.869. The molecule has 1 N–H and O–H groups in total. The van der Waals surface area contributed by atoms with Crippen molar-refractivity contribution in [3.05, 3.63) is 71.3 Å². The summed E-state index contributed by atoms with van der Waals surface area (Å²) in [6.45, 7) is 3.74. The molecule has 5 heteroatoms. The smallest absolute Gasteiger partial charge is 0.231 e. The topological polar surface area (TPSA) is 65.4 Å². The van der Waals surface area contributed by atoms with E-state index >= 15 is 0 Å². The number of morpholine rings is 1. The van der Waals surface area contributed by atoms with Gasteiger partial charge in [-0.05, 0) is 23.3 Å². The molecule has 0 aromatic heterocycles. The minimum atomic E-state index is -0.215. The minimum absolute atomic E-state index is 0.145. The summed E-state index contributed by atoms with van der Waals surface area (Å²) in [7, 11) is 0. The van der Waals surface area contributed by atoms with Crippen LogP contribution in [0.2, 0.25) is 0 Å². The molecular formula is C21H23N3O2. The van der Waals surface area contributed by atoms with Crippen LogP contribution in [0.3, 0.4) is 0 Å². The van der Waals surface area contributed by atoms with Crippen LogP contribution in [0.25, 0.3) is 0 Å². The van der Waals surface area contributed by atoms with E-state index in [0.29, 0.717) is 45.0 Å². The van der Waals surface area contributed by atoms with E-state index in [0.717, 1.165) is 11.1 Å². The van der Waals surface area contributed by atoms with Gasteiger partial charge in [-0.2, -0.15) is 5.26 Å². The fraction of sp³-hybridized carbons (Fsp3) is 0.333. The molecule has 1 saturated heterocycles. The lowest BCUT2D eigenvalue weighted by Gasteiger charge is -2.30. The number of rotatable bonds is 6. The highest BCUT2D eigenvalue weighted by Gasteiger charge is 2.26. The summed E-state index contributed by atoms with van der Waals surface area (Å²) in [4.78, 5) is 14.9. The van der Waals surface area contributed by atoms with Gasteiger partial charge in [-0.25, -0.2) is 0 Å². The SMILES string of the molecule is N#Cc1ccc(CNC[C@@H](C(=O)N2CCOCC2)c2ccccc2)cc1. The van der Waals surface area contributed by atoms with Crippen molar-refractivity contribution >= 4 is 5.91 Å². The number of nitrogens with zero attached hydrogens (tertiary/aromatic N) is 2. The van der Waals surface area contributed by atoms with E-state index in [-0.39, 0.29) is 11.8 Å². The summed E-state index contributed by atoms with van der Waals surface area (Å²) in [6.07, 6.45) is 0. The van der Waals surface area contributed by atoms with Crippen molar-refractivity contribution in [2.75, 3.05) is 32.8 Å². The van der Waals surface area contributed by atoms with Crippen LogP contribution in [0.15, 0.2) is 54.6 Å². The van der Waals surface area contributed by atoms with Crippen LogP contribution in [0, 0.1) is 11.3 Å². The second kappa shape index (κ2) is 9.14. The van der Waals surface area contributed by atoms with E-state index in [2.05, 4.69) is 11.4 Å². The normalized spacial score (nSPS) is 15.3. The molecule has 2 aromatic carbocycles. The zero-order valence-electron chi connectivity index (χ0n) is 14.7. The third-order valence-electron chi connectivity index (χ3n) is 4.58. The number of carbonyl (C=O) groups is 1. The van der Waals surface area contributed by atoms with E-state index in [1.54, 1.807) is 0 Å². The van der Waals surface area contributed by atoms with Crippen molar-refractivity contribution in [3.8, 4) is 6.07 Å². The average molecular weight is 349 g/mol. The number of hydrogen-bond donors (Lipinski definition) is 1. The number of ether oxygens (including phenoxy) is 1. The summed E-state index contributed by atoms with van der Waals surface area (Å²) < 4.78 is 5.36. The molecule has 2 aromatic rings. The zero-order chi connectivity index (χ0) is 18.2. The molecule has 26 heavy (non-hydrogen) atoms. The Labute approximate surface area is 154 Å². The maximum atomic E-state index is 13.0. The third-order valence-corrected chi connectivity index (χ3v) is 4.58. The second-order valence-corrected chi connectivity index (χ2v) is 6.34. The summed E-state index contributed by atoms with van der Waals surface area (Å²) in [6, 6.07) is 19.5. The van der Waals surface area contributed by atoms with Crippen LogP contribution < -0.4 is 5.32 Å². The van der Waals surface area contributed by atoms with E-state index in [4.69, 9.17) is 10.00 Å². The molecule has 1 heterocycles. The highest BCUT2D eigenvalue weighted by molar-refractivity contribution is 5.84. The third kappa shape index (κ3) is 4.69. The van der Waals surface area contributed by atoms with Gasteiger partial charge in [0, 0.05) is 26.2 Å². The predicted molar refractivity (Wildman–Crippen MR) is 99.4 cm³/mol.